The summed E-state index contributed by atoms with van der Waals surface area (Å²) in [4.78, 5) is 6.14. The van der Waals surface area contributed by atoms with Crippen LogP contribution in [-0.4, -0.2) is 9.97 Å². The number of aromatic nitrogens is 2. The standard InChI is InChI=1S/C11H8N2OS/c15-11-12-8-4-3-7(6-9(8)13-11)10-2-1-5-14-10/h1-6H,(H2,12,13,15). The van der Waals surface area contributed by atoms with Crippen LogP contribution < -0.4 is 0 Å². The molecule has 2 aromatic heterocycles. The Kier molecular flexibility index (Phi) is 1.76. The van der Waals surface area contributed by atoms with Gasteiger partial charge in [-0.1, -0.05) is 0 Å². The molecule has 74 valence electrons. The zero-order chi connectivity index (χ0) is 10.3. The molecule has 3 nitrogen and oxygen atoms in total. The third-order valence-electron chi connectivity index (χ3n) is 2.32. The second kappa shape index (κ2) is 3.10. The third-order valence-corrected chi connectivity index (χ3v) is 2.53. The van der Waals surface area contributed by atoms with Crippen LogP contribution in [0.25, 0.3) is 22.4 Å². The average Bonchev–Trinajstić information content (AvgIpc) is 2.82. The second-order valence-corrected chi connectivity index (χ2v) is 3.73. The molecule has 0 aliphatic carbocycles. The number of H-pyrrole nitrogens is 2. The summed E-state index contributed by atoms with van der Waals surface area (Å²) in [5.41, 5.74) is 3.04. The topological polar surface area (TPSA) is 44.7 Å². The van der Waals surface area contributed by atoms with Gasteiger partial charge in [0.2, 0.25) is 0 Å². The smallest absolute Gasteiger partial charge is 0.175 e. The van der Waals surface area contributed by atoms with Gasteiger partial charge >= 0.3 is 0 Å². The van der Waals surface area contributed by atoms with Gasteiger partial charge in [0.05, 0.1) is 17.3 Å². The number of imidazole rings is 1. The molecular formula is C11H8N2OS. The first-order chi connectivity index (χ1) is 7.33. The quantitative estimate of drug-likeness (QED) is 0.611. The van der Waals surface area contributed by atoms with Gasteiger partial charge in [0.15, 0.2) is 4.77 Å². The van der Waals surface area contributed by atoms with E-state index in [9.17, 15) is 0 Å². The SMILES string of the molecule is S=c1[nH]c2ccc(-c3ccco3)cc2[nH]1. The van der Waals surface area contributed by atoms with Crippen molar-refractivity contribution < 1.29 is 4.42 Å². The Bertz CT molecular complexity index is 649. The molecule has 0 amide bonds. The van der Waals surface area contributed by atoms with Gasteiger partial charge in [-0.3, -0.25) is 0 Å². The van der Waals surface area contributed by atoms with Crippen molar-refractivity contribution in [2.24, 2.45) is 0 Å². The minimum absolute atomic E-state index is 0.640. The van der Waals surface area contributed by atoms with E-state index in [1.165, 1.54) is 0 Å². The molecule has 0 unspecified atom stereocenters. The Morgan fingerprint density at radius 3 is 2.73 bits per heavy atom. The fraction of sp³-hybridized carbons (Fsp3) is 0. The van der Waals surface area contributed by atoms with Crippen molar-refractivity contribution in [1.29, 1.82) is 0 Å². The van der Waals surface area contributed by atoms with Crippen LogP contribution in [0, 0.1) is 4.77 Å². The molecule has 0 radical (unpaired) electrons. The lowest BCUT2D eigenvalue weighted by Gasteiger charge is -1.95. The molecule has 3 rings (SSSR count). The lowest BCUT2D eigenvalue weighted by molar-refractivity contribution is 0.582. The van der Waals surface area contributed by atoms with E-state index >= 15 is 0 Å². The summed E-state index contributed by atoms with van der Waals surface area (Å²) < 4.78 is 5.97. The minimum Gasteiger partial charge on any atom is -0.464 e. The lowest BCUT2D eigenvalue weighted by Crippen LogP contribution is -1.74. The number of hydrogen-bond donors (Lipinski definition) is 2. The van der Waals surface area contributed by atoms with E-state index in [2.05, 4.69) is 9.97 Å². The Morgan fingerprint density at radius 2 is 1.93 bits per heavy atom. The Morgan fingerprint density at radius 1 is 1.07 bits per heavy atom. The zero-order valence-electron chi connectivity index (χ0n) is 7.78. The van der Waals surface area contributed by atoms with E-state index in [-0.39, 0.29) is 0 Å². The number of rotatable bonds is 1. The first kappa shape index (κ1) is 8.49. The van der Waals surface area contributed by atoms with Crippen molar-refractivity contribution in [3.63, 3.8) is 0 Å². The molecule has 4 heteroatoms. The summed E-state index contributed by atoms with van der Waals surface area (Å²) >= 11 is 5.02. The maximum Gasteiger partial charge on any atom is 0.175 e. The van der Waals surface area contributed by atoms with Crippen LogP contribution in [0.15, 0.2) is 41.0 Å². The number of benzene rings is 1. The van der Waals surface area contributed by atoms with Crippen molar-refractivity contribution in [3.05, 3.63) is 41.4 Å². The van der Waals surface area contributed by atoms with Crippen molar-refractivity contribution in [3.8, 4) is 11.3 Å². The van der Waals surface area contributed by atoms with Crippen molar-refractivity contribution in [2.45, 2.75) is 0 Å². The Balaban J connectivity index is 2.26. The maximum atomic E-state index is 5.33. The van der Waals surface area contributed by atoms with E-state index in [0.717, 1.165) is 22.4 Å². The largest absolute Gasteiger partial charge is 0.464 e. The Hall–Kier alpha value is -1.81. The molecule has 0 bridgehead atoms. The molecule has 3 aromatic rings. The first-order valence-corrected chi connectivity index (χ1v) is 5.00. The van der Waals surface area contributed by atoms with Crippen molar-refractivity contribution in [1.82, 2.24) is 9.97 Å². The van der Waals surface area contributed by atoms with E-state index < -0.39 is 0 Å². The monoisotopic (exact) mass is 216 g/mol. The highest BCUT2D eigenvalue weighted by molar-refractivity contribution is 7.71. The van der Waals surface area contributed by atoms with Gasteiger partial charge in [-0.25, -0.2) is 0 Å². The molecule has 15 heavy (non-hydrogen) atoms. The molecule has 0 saturated carbocycles. The molecule has 0 aliphatic rings. The van der Waals surface area contributed by atoms with Gasteiger partial charge in [-0.2, -0.15) is 0 Å². The number of hydrogen-bond acceptors (Lipinski definition) is 2. The maximum absolute atomic E-state index is 5.33. The molecule has 0 spiro atoms. The highest BCUT2D eigenvalue weighted by Crippen LogP contribution is 2.23. The predicted molar refractivity (Wildman–Crippen MR) is 61.2 cm³/mol. The normalized spacial score (nSPS) is 10.9. The summed E-state index contributed by atoms with van der Waals surface area (Å²) in [6.07, 6.45) is 1.67. The number of furan rings is 1. The summed E-state index contributed by atoms with van der Waals surface area (Å²) in [5.74, 6) is 0.859. The highest BCUT2D eigenvalue weighted by Gasteiger charge is 2.02. The van der Waals surface area contributed by atoms with Crippen LogP contribution in [0.4, 0.5) is 0 Å². The average molecular weight is 216 g/mol. The van der Waals surface area contributed by atoms with Gasteiger partial charge in [-0.15, -0.1) is 0 Å². The fourth-order valence-corrected chi connectivity index (χ4v) is 1.85. The number of fused-ring (bicyclic) bond motifs is 1. The molecule has 2 N–H and O–H groups in total. The molecular weight excluding hydrogens is 208 g/mol. The van der Waals surface area contributed by atoms with E-state index in [1.807, 2.05) is 30.3 Å². The molecule has 0 atom stereocenters. The van der Waals surface area contributed by atoms with Gasteiger partial charge in [0.1, 0.15) is 5.76 Å². The molecule has 2 heterocycles. The van der Waals surface area contributed by atoms with Gasteiger partial charge < -0.3 is 14.4 Å². The van der Waals surface area contributed by atoms with Gasteiger partial charge in [0, 0.05) is 5.56 Å². The lowest BCUT2D eigenvalue weighted by atomic mass is 10.1. The summed E-state index contributed by atoms with van der Waals surface area (Å²) in [6.45, 7) is 0. The van der Waals surface area contributed by atoms with Crippen LogP contribution in [0.5, 0.6) is 0 Å². The predicted octanol–water partition coefficient (Wildman–Crippen LogP) is 3.49. The minimum atomic E-state index is 0.640. The van der Waals surface area contributed by atoms with E-state index in [4.69, 9.17) is 16.6 Å². The highest BCUT2D eigenvalue weighted by atomic mass is 32.1. The second-order valence-electron chi connectivity index (χ2n) is 3.32. The van der Waals surface area contributed by atoms with Crippen LogP contribution in [0.2, 0.25) is 0 Å². The van der Waals surface area contributed by atoms with Gasteiger partial charge in [0.25, 0.3) is 0 Å². The van der Waals surface area contributed by atoms with Crippen LogP contribution >= 0.6 is 12.2 Å². The zero-order valence-corrected chi connectivity index (χ0v) is 8.60. The number of aromatic amines is 2. The van der Waals surface area contributed by atoms with E-state index in [0.29, 0.717) is 4.77 Å². The summed E-state index contributed by atoms with van der Waals surface area (Å²) in [6, 6.07) is 9.81. The van der Waals surface area contributed by atoms with Crippen molar-refractivity contribution >= 4 is 23.3 Å². The summed E-state index contributed by atoms with van der Waals surface area (Å²) in [5, 5.41) is 0. The van der Waals surface area contributed by atoms with Crippen LogP contribution in [-0.2, 0) is 0 Å². The first-order valence-electron chi connectivity index (χ1n) is 4.59. The third kappa shape index (κ3) is 1.39. The van der Waals surface area contributed by atoms with Crippen molar-refractivity contribution in [2.75, 3.05) is 0 Å². The van der Waals surface area contributed by atoms with Crippen LogP contribution in [0.3, 0.4) is 0 Å². The molecule has 0 saturated heterocycles. The van der Waals surface area contributed by atoms with Crippen LogP contribution in [0.1, 0.15) is 0 Å². The Labute approximate surface area is 90.8 Å². The molecule has 0 fully saturated rings. The number of nitrogens with one attached hydrogen (secondary N) is 2. The fourth-order valence-electron chi connectivity index (χ4n) is 1.63. The summed E-state index contributed by atoms with van der Waals surface area (Å²) in [7, 11) is 0. The van der Waals surface area contributed by atoms with Gasteiger partial charge in [-0.05, 0) is 42.5 Å². The van der Waals surface area contributed by atoms with E-state index in [1.54, 1.807) is 6.26 Å². The molecule has 0 aliphatic heterocycles. The molecule has 1 aromatic carbocycles.